The van der Waals surface area contributed by atoms with Crippen LogP contribution in [0.3, 0.4) is 0 Å². The van der Waals surface area contributed by atoms with Crippen molar-refractivity contribution in [3.05, 3.63) is 53.1 Å². The highest BCUT2D eigenvalue weighted by Gasteiger charge is 2.05. The van der Waals surface area contributed by atoms with E-state index in [1.807, 2.05) is 42.5 Å². The van der Waals surface area contributed by atoms with Crippen molar-refractivity contribution in [2.24, 2.45) is 5.73 Å². The van der Waals surface area contributed by atoms with Gasteiger partial charge in [0.1, 0.15) is 17.2 Å². The van der Waals surface area contributed by atoms with Crippen molar-refractivity contribution in [3.8, 4) is 17.2 Å². The van der Waals surface area contributed by atoms with Gasteiger partial charge in [-0.05, 0) is 42.8 Å². The first-order valence-corrected chi connectivity index (χ1v) is 6.41. The van der Waals surface area contributed by atoms with Crippen LogP contribution in [-0.4, -0.2) is 13.7 Å². The zero-order valence-electron chi connectivity index (χ0n) is 10.7. The van der Waals surface area contributed by atoms with E-state index >= 15 is 0 Å². The third-order valence-corrected chi connectivity index (χ3v) is 2.99. The Morgan fingerprint density at radius 2 is 1.89 bits per heavy atom. The van der Waals surface area contributed by atoms with E-state index < -0.39 is 0 Å². The molecule has 0 saturated heterocycles. The Kier molecular flexibility index (Phi) is 4.66. The fourth-order valence-electron chi connectivity index (χ4n) is 1.74. The molecule has 100 valence electrons. The van der Waals surface area contributed by atoms with Crippen LogP contribution in [0.25, 0.3) is 0 Å². The molecule has 3 nitrogen and oxygen atoms in total. The molecule has 0 spiro atoms. The Labute approximate surface area is 117 Å². The number of benzene rings is 2. The maximum absolute atomic E-state index is 6.19. The van der Waals surface area contributed by atoms with Crippen molar-refractivity contribution in [2.45, 2.75) is 6.42 Å². The van der Waals surface area contributed by atoms with Crippen molar-refractivity contribution in [1.29, 1.82) is 0 Å². The van der Waals surface area contributed by atoms with Crippen molar-refractivity contribution >= 4 is 11.6 Å². The number of ether oxygens (including phenoxy) is 2. The van der Waals surface area contributed by atoms with E-state index in [1.165, 1.54) is 0 Å². The molecule has 0 saturated carbocycles. The van der Waals surface area contributed by atoms with Crippen molar-refractivity contribution in [1.82, 2.24) is 0 Å². The summed E-state index contributed by atoms with van der Waals surface area (Å²) in [6, 6.07) is 13.1. The lowest BCUT2D eigenvalue weighted by atomic mass is 10.1. The minimum Gasteiger partial charge on any atom is -0.497 e. The maximum Gasteiger partial charge on any atom is 0.146 e. The number of hydrogen-bond acceptors (Lipinski definition) is 3. The third-order valence-electron chi connectivity index (χ3n) is 2.70. The minimum atomic E-state index is 0.578. The van der Waals surface area contributed by atoms with Gasteiger partial charge in [-0.25, -0.2) is 0 Å². The Balaban J connectivity index is 2.18. The van der Waals surface area contributed by atoms with Crippen LogP contribution in [0.4, 0.5) is 0 Å². The highest BCUT2D eigenvalue weighted by molar-refractivity contribution is 6.32. The molecule has 0 heterocycles. The van der Waals surface area contributed by atoms with Crippen LogP contribution < -0.4 is 15.2 Å². The van der Waals surface area contributed by atoms with E-state index in [-0.39, 0.29) is 0 Å². The molecular weight excluding hydrogens is 262 g/mol. The molecule has 0 fully saturated rings. The predicted molar refractivity (Wildman–Crippen MR) is 77.3 cm³/mol. The van der Waals surface area contributed by atoms with Gasteiger partial charge in [-0.2, -0.15) is 0 Å². The van der Waals surface area contributed by atoms with E-state index in [1.54, 1.807) is 7.11 Å². The van der Waals surface area contributed by atoms with E-state index in [9.17, 15) is 0 Å². The third kappa shape index (κ3) is 3.63. The van der Waals surface area contributed by atoms with E-state index in [4.69, 9.17) is 26.8 Å². The molecule has 0 amide bonds. The number of halogens is 1. The molecule has 2 N–H and O–H groups in total. The number of hydrogen-bond donors (Lipinski definition) is 1. The molecule has 0 atom stereocenters. The summed E-state index contributed by atoms with van der Waals surface area (Å²) in [5.41, 5.74) is 6.62. The lowest BCUT2D eigenvalue weighted by Crippen LogP contribution is -2.02. The van der Waals surface area contributed by atoms with Gasteiger partial charge in [-0.1, -0.05) is 23.7 Å². The highest BCUT2D eigenvalue weighted by atomic mass is 35.5. The molecule has 0 radical (unpaired) electrons. The van der Waals surface area contributed by atoms with Gasteiger partial charge in [-0.15, -0.1) is 0 Å². The van der Waals surface area contributed by atoms with E-state index in [0.29, 0.717) is 23.1 Å². The average molecular weight is 278 g/mol. The SMILES string of the molecule is COc1cccc(Oc2ccc(CCN)cc2Cl)c1. The van der Waals surface area contributed by atoms with Crippen LogP contribution in [0.1, 0.15) is 5.56 Å². The summed E-state index contributed by atoms with van der Waals surface area (Å²) < 4.78 is 10.9. The summed E-state index contributed by atoms with van der Waals surface area (Å²) in [7, 11) is 1.62. The summed E-state index contributed by atoms with van der Waals surface area (Å²) >= 11 is 6.19. The molecular formula is C15H16ClNO2. The highest BCUT2D eigenvalue weighted by Crippen LogP contribution is 2.31. The first kappa shape index (κ1) is 13.7. The zero-order valence-corrected chi connectivity index (χ0v) is 11.5. The Bertz CT molecular complexity index is 558. The molecule has 2 aromatic carbocycles. The molecule has 0 unspecified atom stereocenters. The Morgan fingerprint density at radius 1 is 1.11 bits per heavy atom. The normalized spacial score (nSPS) is 10.3. The Morgan fingerprint density at radius 3 is 2.58 bits per heavy atom. The largest absolute Gasteiger partial charge is 0.497 e. The van der Waals surface area contributed by atoms with Gasteiger partial charge in [-0.3, -0.25) is 0 Å². The maximum atomic E-state index is 6.19. The topological polar surface area (TPSA) is 44.5 Å². The zero-order chi connectivity index (χ0) is 13.7. The molecule has 0 bridgehead atoms. The molecule has 0 aliphatic carbocycles. The monoisotopic (exact) mass is 277 g/mol. The van der Waals surface area contributed by atoms with Crippen LogP contribution in [0.15, 0.2) is 42.5 Å². The number of rotatable bonds is 5. The molecule has 2 aromatic rings. The average Bonchev–Trinajstić information content (AvgIpc) is 2.42. The van der Waals surface area contributed by atoms with Gasteiger partial charge in [0.2, 0.25) is 0 Å². The number of methoxy groups -OCH3 is 1. The lowest BCUT2D eigenvalue weighted by Gasteiger charge is -2.10. The van der Waals surface area contributed by atoms with Crippen molar-refractivity contribution in [2.75, 3.05) is 13.7 Å². The van der Waals surface area contributed by atoms with Crippen LogP contribution in [0, 0.1) is 0 Å². The molecule has 0 aliphatic rings. The standard InChI is InChI=1S/C15H16ClNO2/c1-18-12-3-2-4-13(10-12)19-15-6-5-11(7-8-17)9-14(15)16/h2-6,9-10H,7-8,17H2,1H3. The molecule has 19 heavy (non-hydrogen) atoms. The molecule has 0 aromatic heterocycles. The van der Waals surface area contributed by atoms with Crippen LogP contribution >= 0.6 is 11.6 Å². The van der Waals surface area contributed by atoms with Gasteiger partial charge < -0.3 is 15.2 Å². The van der Waals surface area contributed by atoms with Gasteiger partial charge in [0.25, 0.3) is 0 Å². The van der Waals surface area contributed by atoms with Gasteiger partial charge in [0.05, 0.1) is 12.1 Å². The van der Waals surface area contributed by atoms with Gasteiger partial charge in [0, 0.05) is 6.07 Å². The summed E-state index contributed by atoms with van der Waals surface area (Å²) in [4.78, 5) is 0. The summed E-state index contributed by atoms with van der Waals surface area (Å²) in [6.07, 6.45) is 0.805. The second-order valence-electron chi connectivity index (χ2n) is 4.08. The summed E-state index contributed by atoms with van der Waals surface area (Å²) in [6.45, 7) is 0.604. The van der Waals surface area contributed by atoms with Crippen LogP contribution in [-0.2, 0) is 6.42 Å². The summed E-state index contributed by atoms with van der Waals surface area (Å²) in [5.74, 6) is 2.05. The predicted octanol–water partition coefficient (Wildman–Crippen LogP) is 3.64. The lowest BCUT2D eigenvalue weighted by molar-refractivity contribution is 0.409. The first-order valence-electron chi connectivity index (χ1n) is 6.03. The Hall–Kier alpha value is -1.71. The van der Waals surface area contributed by atoms with Crippen LogP contribution in [0.5, 0.6) is 17.2 Å². The molecule has 4 heteroatoms. The van der Waals surface area contributed by atoms with E-state index in [2.05, 4.69) is 0 Å². The number of nitrogens with two attached hydrogens (primary N) is 1. The smallest absolute Gasteiger partial charge is 0.146 e. The van der Waals surface area contributed by atoms with Crippen molar-refractivity contribution < 1.29 is 9.47 Å². The first-order chi connectivity index (χ1) is 9.22. The van der Waals surface area contributed by atoms with Crippen LogP contribution in [0.2, 0.25) is 5.02 Å². The fraction of sp³-hybridized carbons (Fsp3) is 0.200. The fourth-order valence-corrected chi connectivity index (χ4v) is 1.98. The summed E-state index contributed by atoms with van der Waals surface area (Å²) in [5, 5.41) is 0.578. The minimum absolute atomic E-state index is 0.578. The van der Waals surface area contributed by atoms with Crippen molar-refractivity contribution in [3.63, 3.8) is 0 Å². The second kappa shape index (κ2) is 6.45. The van der Waals surface area contributed by atoms with Gasteiger partial charge >= 0.3 is 0 Å². The molecule has 2 rings (SSSR count). The van der Waals surface area contributed by atoms with Gasteiger partial charge in [0.15, 0.2) is 0 Å². The molecule has 0 aliphatic heterocycles. The second-order valence-corrected chi connectivity index (χ2v) is 4.49. The quantitative estimate of drug-likeness (QED) is 0.907. The van der Waals surface area contributed by atoms with E-state index in [0.717, 1.165) is 17.7 Å².